The lowest BCUT2D eigenvalue weighted by Gasteiger charge is -2.22. The van der Waals surface area contributed by atoms with Crippen molar-refractivity contribution in [3.8, 4) is 0 Å². The molecule has 0 aliphatic carbocycles. The summed E-state index contributed by atoms with van der Waals surface area (Å²) in [5.41, 5.74) is 1.81. The zero-order valence-corrected chi connectivity index (χ0v) is 11.9. The second-order valence-electron chi connectivity index (χ2n) is 4.59. The Balaban J connectivity index is 2.27. The maximum Gasteiger partial charge on any atom is 0.294 e. The summed E-state index contributed by atoms with van der Waals surface area (Å²) < 4.78 is 32.2. The summed E-state index contributed by atoms with van der Waals surface area (Å²) in [6, 6.07) is 3.28. The third-order valence-electron chi connectivity index (χ3n) is 3.17. The summed E-state index contributed by atoms with van der Waals surface area (Å²) in [7, 11) is -3.82. The van der Waals surface area contributed by atoms with Crippen molar-refractivity contribution in [2.45, 2.75) is 23.8 Å². The Morgan fingerprint density at radius 2 is 2.00 bits per heavy atom. The number of nitrogens with two attached hydrogens (primary N) is 1. The molecule has 0 bridgehead atoms. The molecule has 0 spiro atoms. The number of rotatable bonds is 5. The number of nitro groups is 1. The molecule has 9 nitrogen and oxygen atoms in total. The molecule has 0 atom stereocenters. The maximum atomic E-state index is 12.2. The summed E-state index contributed by atoms with van der Waals surface area (Å²) in [5, 5.41) is 10.9. The number of sulfonamides is 1. The summed E-state index contributed by atoms with van der Waals surface area (Å²) >= 11 is 0. The van der Waals surface area contributed by atoms with Gasteiger partial charge in [-0.3, -0.25) is 16.0 Å². The van der Waals surface area contributed by atoms with Crippen molar-refractivity contribution in [3.63, 3.8) is 0 Å². The van der Waals surface area contributed by atoms with Gasteiger partial charge in [0.1, 0.15) is 5.69 Å². The molecule has 0 saturated carbocycles. The second-order valence-corrected chi connectivity index (χ2v) is 6.30. The Morgan fingerprint density at radius 3 is 2.57 bits per heavy atom. The number of nitrogens with one attached hydrogen (secondary N) is 2. The van der Waals surface area contributed by atoms with Crippen molar-refractivity contribution in [1.29, 1.82) is 0 Å². The van der Waals surface area contributed by atoms with Crippen LogP contribution < -0.4 is 16.0 Å². The third-order valence-corrected chi connectivity index (χ3v) is 4.69. The van der Waals surface area contributed by atoms with Gasteiger partial charge in [-0.05, 0) is 25.0 Å². The number of nitro benzene ring substituents is 1. The molecule has 0 unspecified atom stereocenters. The van der Waals surface area contributed by atoms with E-state index in [2.05, 4.69) is 10.1 Å². The van der Waals surface area contributed by atoms with Gasteiger partial charge in [0.25, 0.3) is 5.69 Å². The van der Waals surface area contributed by atoms with Gasteiger partial charge in [0, 0.05) is 25.3 Å². The zero-order valence-electron chi connectivity index (χ0n) is 11.1. The van der Waals surface area contributed by atoms with Crippen LogP contribution in [0.2, 0.25) is 0 Å². The van der Waals surface area contributed by atoms with E-state index in [0.717, 1.165) is 6.07 Å². The lowest BCUT2D eigenvalue weighted by molar-refractivity contribution is -0.384. The fourth-order valence-corrected chi connectivity index (χ4v) is 3.38. The van der Waals surface area contributed by atoms with Crippen LogP contribution in [-0.4, -0.2) is 32.6 Å². The molecule has 0 aromatic heterocycles. The Bertz CT molecular complexity index is 628. The molecule has 1 saturated heterocycles. The molecule has 4 N–H and O–H groups in total. The van der Waals surface area contributed by atoms with Gasteiger partial charge in [0.15, 0.2) is 0 Å². The largest absolute Gasteiger partial charge is 0.381 e. The summed E-state index contributed by atoms with van der Waals surface area (Å²) in [4.78, 5) is 10.1. The first-order valence-electron chi connectivity index (χ1n) is 6.29. The topological polar surface area (TPSA) is 137 Å². The highest BCUT2D eigenvalue weighted by molar-refractivity contribution is 7.89. The van der Waals surface area contributed by atoms with Gasteiger partial charge in [-0.25, -0.2) is 13.1 Å². The molecule has 2 rings (SSSR count). The van der Waals surface area contributed by atoms with Crippen LogP contribution in [-0.2, 0) is 14.8 Å². The molecular formula is C11H16N4O5S. The van der Waals surface area contributed by atoms with Gasteiger partial charge in [-0.2, -0.15) is 0 Å². The highest BCUT2D eigenvalue weighted by Crippen LogP contribution is 2.27. The van der Waals surface area contributed by atoms with Gasteiger partial charge in [0.2, 0.25) is 10.0 Å². The van der Waals surface area contributed by atoms with E-state index >= 15 is 0 Å². The predicted octanol–water partition coefficient (Wildman–Crippen LogP) is 0.338. The first kappa shape index (κ1) is 15.6. The third kappa shape index (κ3) is 3.67. The lowest BCUT2D eigenvalue weighted by Crippen LogP contribution is -2.38. The highest BCUT2D eigenvalue weighted by atomic mass is 32.2. The van der Waals surface area contributed by atoms with Crippen LogP contribution in [0.3, 0.4) is 0 Å². The minimum atomic E-state index is -3.82. The second kappa shape index (κ2) is 6.35. The van der Waals surface area contributed by atoms with Crippen molar-refractivity contribution in [2.24, 2.45) is 5.84 Å². The van der Waals surface area contributed by atoms with Crippen LogP contribution in [0.25, 0.3) is 0 Å². The fourth-order valence-electron chi connectivity index (χ4n) is 2.05. The summed E-state index contributed by atoms with van der Waals surface area (Å²) in [5.74, 6) is 5.16. The molecule has 1 aliphatic heterocycles. The monoisotopic (exact) mass is 316 g/mol. The first-order valence-corrected chi connectivity index (χ1v) is 7.77. The highest BCUT2D eigenvalue weighted by Gasteiger charge is 2.25. The van der Waals surface area contributed by atoms with E-state index in [1.807, 2.05) is 0 Å². The van der Waals surface area contributed by atoms with E-state index in [-0.39, 0.29) is 16.6 Å². The Morgan fingerprint density at radius 1 is 1.33 bits per heavy atom. The van der Waals surface area contributed by atoms with E-state index in [4.69, 9.17) is 10.6 Å². The molecule has 0 radical (unpaired) electrons. The molecule has 116 valence electrons. The van der Waals surface area contributed by atoms with Crippen LogP contribution in [0, 0.1) is 10.1 Å². The molecule has 1 aliphatic rings. The predicted molar refractivity (Wildman–Crippen MR) is 75.1 cm³/mol. The molecule has 1 fully saturated rings. The van der Waals surface area contributed by atoms with Gasteiger partial charge < -0.3 is 10.2 Å². The quantitative estimate of drug-likeness (QED) is 0.404. The minimum absolute atomic E-state index is 0.0463. The number of benzene rings is 1. The average molecular weight is 316 g/mol. The van der Waals surface area contributed by atoms with Gasteiger partial charge in [-0.15, -0.1) is 0 Å². The van der Waals surface area contributed by atoms with Gasteiger partial charge >= 0.3 is 0 Å². The standard InChI is InChI=1S/C11H16N4O5S/c12-13-10-2-1-9(7-11(10)15(16)17)21(18,19)14-8-3-5-20-6-4-8/h1-2,7-8,13-14H,3-6,12H2. The number of hydrogen-bond acceptors (Lipinski definition) is 7. The number of hydrazine groups is 1. The number of nitrogens with zero attached hydrogens (tertiary/aromatic N) is 1. The smallest absolute Gasteiger partial charge is 0.294 e. The van der Waals surface area contributed by atoms with Crippen LogP contribution in [0.5, 0.6) is 0 Å². The number of hydrogen-bond donors (Lipinski definition) is 3. The van der Waals surface area contributed by atoms with Crippen LogP contribution in [0.1, 0.15) is 12.8 Å². The van der Waals surface area contributed by atoms with E-state index in [0.29, 0.717) is 26.1 Å². The van der Waals surface area contributed by atoms with E-state index in [9.17, 15) is 18.5 Å². The van der Waals surface area contributed by atoms with Crippen LogP contribution in [0.15, 0.2) is 23.1 Å². The number of ether oxygens (including phenoxy) is 1. The molecular weight excluding hydrogens is 300 g/mol. The van der Waals surface area contributed by atoms with Crippen molar-refractivity contribution >= 4 is 21.4 Å². The van der Waals surface area contributed by atoms with Gasteiger partial charge in [0.05, 0.1) is 9.82 Å². The van der Waals surface area contributed by atoms with Crippen molar-refractivity contribution in [2.75, 3.05) is 18.6 Å². The average Bonchev–Trinajstić information content (AvgIpc) is 2.47. The zero-order chi connectivity index (χ0) is 15.5. The molecule has 1 heterocycles. The Hall–Kier alpha value is -1.75. The lowest BCUT2D eigenvalue weighted by atomic mass is 10.1. The molecule has 10 heteroatoms. The molecule has 1 aromatic rings. The first-order chi connectivity index (χ1) is 9.94. The van der Waals surface area contributed by atoms with Crippen molar-refractivity contribution < 1.29 is 18.1 Å². The SMILES string of the molecule is NNc1ccc(S(=O)(=O)NC2CCOCC2)cc1[N+](=O)[O-]. The maximum absolute atomic E-state index is 12.2. The van der Waals surface area contributed by atoms with Crippen LogP contribution >= 0.6 is 0 Å². The molecule has 0 amide bonds. The van der Waals surface area contributed by atoms with E-state index in [1.165, 1.54) is 12.1 Å². The van der Waals surface area contributed by atoms with Crippen LogP contribution in [0.4, 0.5) is 11.4 Å². The number of anilines is 1. The number of nitrogen functional groups attached to an aromatic ring is 1. The fraction of sp³-hybridized carbons (Fsp3) is 0.455. The Kier molecular flexibility index (Phi) is 4.73. The Labute approximate surface area is 121 Å². The van der Waals surface area contributed by atoms with Crippen molar-refractivity contribution in [3.05, 3.63) is 28.3 Å². The summed E-state index contributed by atoms with van der Waals surface area (Å²) in [6.45, 7) is 0.979. The molecule has 21 heavy (non-hydrogen) atoms. The van der Waals surface area contributed by atoms with E-state index < -0.39 is 20.6 Å². The normalized spacial score (nSPS) is 16.6. The minimum Gasteiger partial charge on any atom is -0.381 e. The van der Waals surface area contributed by atoms with Gasteiger partial charge in [-0.1, -0.05) is 0 Å². The molecule has 1 aromatic carbocycles. The van der Waals surface area contributed by atoms with Crippen molar-refractivity contribution in [1.82, 2.24) is 4.72 Å². The summed E-state index contributed by atoms with van der Waals surface area (Å²) in [6.07, 6.45) is 1.15. The van der Waals surface area contributed by atoms with E-state index in [1.54, 1.807) is 0 Å².